The van der Waals surface area contributed by atoms with Gasteiger partial charge in [-0.15, -0.1) is 0 Å². The Labute approximate surface area is 143 Å². The Morgan fingerprint density at radius 2 is 2.17 bits per heavy atom. The summed E-state index contributed by atoms with van der Waals surface area (Å²) >= 11 is 0. The van der Waals surface area contributed by atoms with E-state index in [1.165, 1.54) is 0 Å². The summed E-state index contributed by atoms with van der Waals surface area (Å²) in [5.41, 5.74) is 5.79. The fourth-order valence-electron chi connectivity index (χ4n) is 3.20. The van der Waals surface area contributed by atoms with E-state index in [-0.39, 0.29) is 17.7 Å². The van der Waals surface area contributed by atoms with Gasteiger partial charge in [0.05, 0.1) is 11.3 Å². The standard InChI is InChI=1S/C16H26N4O3S/c1-4-8-24(22,23)19-14-10-20(9-13(14)11(2)3)16-12(15(17)21)6-5-7-18-16/h5-7,11,13-14,19H,4,8-10H2,1-3H3,(H2,17,21)/t13-,14+/m0/s1. The fourth-order valence-corrected chi connectivity index (χ4v) is 4.57. The Morgan fingerprint density at radius 1 is 1.46 bits per heavy atom. The summed E-state index contributed by atoms with van der Waals surface area (Å²) in [5.74, 6) is 0.538. The highest BCUT2D eigenvalue weighted by Crippen LogP contribution is 2.29. The van der Waals surface area contributed by atoms with Crippen LogP contribution in [0.15, 0.2) is 18.3 Å². The molecule has 24 heavy (non-hydrogen) atoms. The Hall–Kier alpha value is -1.67. The Kier molecular flexibility index (Phi) is 5.82. The number of pyridine rings is 1. The van der Waals surface area contributed by atoms with E-state index >= 15 is 0 Å². The van der Waals surface area contributed by atoms with Gasteiger partial charge in [-0.05, 0) is 30.4 Å². The van der Waals surface area contributed by atoms with Crippen molar-refractivity contribution in [1.29, 1.82) is 0 Å². The van der Waals surface area contributed by atoms with Gasteiger partial charge in [0.1, 0.15) is 5.82 Å². The van der Waals surface area contributed by atoms with Gasteiger partial charge in [-0.1, -0.05) is 20.8 Å². The number of aromatic nitrogens is 1. The molecular weight excluding hydrogens is 328 g/mol. The molecule has 0 spiro atoms. The van der Waals surface area contributed by atoms with E-state index < -0.39 is 15.9 Å². The Bertz CT molecular complexity index is 690. The summed E-state index contributed by atoms with van der Waals surface area (Å²) in [6.07, 6.45) is 2.19. The highest BCUT2D eigenvalue weighted by Gasteiger charge is 2.38. The lowest BCUT2D eigenvalue weighted by molar-refractivity contribution is 0.100. The quantitative estimate of drug-likeness (QED) is 0.759. The lowest BCUT2D eigenvalue weighted by Crippen LogP contribution is -2.43. The number of carbonyl (C=O) groups excluding carboxylic acids is 1. The van der Waals surface area contributed by atoms with Gasteiger partial charge in [0.25, 0.3) is 5.91 Å². The van der Waals surface area contributed by atoms with Crippen LogP contribution in [0.4, 0.5) is 5.82 Å². The first-order valence-corrected chi connectivity index (χ1v) is 9.90. The van der Waals surface area contributed by atoms with Gasteiger partial charge in [0.15, 0.2) is 0 Å². The number of carbonyl (C=O) groups is 1. The van der Waals surface area contributed by atoms with E-state index in [9.17, 15) is 13.2 Å². The number of nitrogens with zero attached hydrogens (tertiary/aromatic N) is 2. The van der Waals surface area contributed by atoms with E-state index in [0.29, 0.717) is 36.8 Å². The van der Waals surface area contributed by atoms with Crippen molar-refractivity contribution in [3.05, 3.63) is 23.9 Å². The van der Waals surface area contributed by atoms with Gasteiger partial charge in [0, 0.05) is 25.3 Å². The number of nitrogens with two attached hydrogens (primary N) is 1. The summed E-state index contributed by atoms with van der Waals surface area (Å²) in [4.78, 5) is 17.9. The van der Waals surface area contributed by atoms with Crippen molar-refractivity contribution < 1.29 is 13.2 Å². The van der Waals surface area contributed by atoms with Crippen LogP contribution in [-0.2, 0) is 10.0 Å². The Morgan fingerprint density at radius 3 is 2.75 bits per heavy atom. The molecule has 1 amide bonds. The number of anilines is 1. The first-order valence-electron chi connectivity index (χ1n) is 8.25. The zero-order chi connectivity index (χ0) is 17.9. The lowest BCUT2D eigenvalue weighted by Gasteiger charge is -2.22. The van der Waals surface area contributed by atoms with Crippen molar-refractivity contribution in [3.63, 3.8) is 0 Å². The molecule has 1 saturated heterocycles. The molecule has 0 radical (unpaired) electrons. The molecule has 7 nitrogen and oxygen atoms in total. The first-order chi connectivity index (χ1) is 11.2. The smallest absolute Gasteiger partial charge is 0.252 e. The lowest BCUT2D eigenvalue weighted by atomic mass is 9.92. The number of sulfonamides is 1. The average Bonchev–Trinajstić information content (AvgIpc) is 2.90. The molecule has 2 atom stereocenters. The van der Waals surface area contributed by atoms with Gasteiger partial charge in [-0.3, -0.25) is 4.79 Å². The van der Waals surface area contributed by atoms with E-state index in [1.807, 2.05) is 11.8 Å². The predicted molar refractivity (Wildman–Crippen MR) is 94.3 cm³/mol. The maximum absolute atomic E-state index is 12.2. The molecular formula is C16H26N4O3S. The fraction of sp³-hybridized carbons (Fsp3) is 0.625. The second-order valence-electron chi connectivity index (χ2n) is 6.59. The van der Waals surface area contributed by atoms with Crippen molar-refractivity contribution >= 4 is 21.7 Å². The van der Waals surface area contributed by atoms with Crippen LogP contribution in [0.1, 0.15) is 37.6 Å². The SMILES string of the molecule is CCCS(=O)(=O)N[C@@H]1CN(c2ncccc2C(N)=O)C[C@H]1C(C)C. The third-order valence-corrected chi connectivity index (χ3v) is 5.98. The maximum Gasteiger partial charge on any atom is 0.252 e. The highest BCUT2D eigenvalue weighted by atomic mass is 32.2. The molecule has 2 rings (SSSR count). The van der Waals surface area contributed by atoms with Crippen LogP contribution in [0.2, 0.25) is 0 Å². The van der Waals surface area contributed by atoms with E-state index in [4.69, 9.17) is 5.73 Å². The number of rotatable bonds is 7. The molecule has 1 aliphatic rings. The summed E-state index contributed by atoms with van der Waals surface area (Å²) in [6.45, 7) is 7.09. The van der Waals surface area contributed by atoms with Gasteiger partial charge >= 0.3 is 0 Å². The molecule has 0 unspecified atom stereocenters. The third kappa shape index (κ3) is 4.24. The van der Waals surface area contributed by atoms with Crippen LogP contribution < -0.4 is 15.4 Å². The molecule has 1 aromatic rings. The third-order valence-electron chi connectivity index (χ3n) is 4.38. The van der Waals surface area contributed by atoms with Gasteiger partial charge < -0.3 is 10.6 Å². The van der Waals surface area contributed by atoms with Crippen molar-refractivity contribution in [3.8, 4) is 0 Å². The van der Waals surface area contributed by atoms with Crippen molar-refractivity contribution in [2.24, 2.45) is 17.6 Å². The number of nitrogens with one attached hydrogen (secondary N) is 1. The zero-order valence-electron chi connectivity index (χ0n) is 14.4. The second kappa shape index (κ2) is 7.48. The van der Waals surface area contributed by atoms with Crippen molar-refractivity contribution in [2.75, 3.05) is 23.7 Å². The van der Waals surface area contributed by atoms with E-state index in [0.717, 1.165) is 0 Å². The summed E-state index contributed by atoms with van der Waals surface area (Å²) in [5, 5.41) is 0. The number of hydrogen-bond donors (Lipinski definition) is 2. The molecule has 0 saturated carbocycles. The van der Waals surface area contributed by atoms with Crippen LogP contribution in [0, 0.1) is 11.8 Å². The minimum atomic E-state index is -3.30. The largest absolute Gasteiger partial charge is 0.365 e. The summed E-state index contributed by atoms with van der Waals surface area (Å²) in [6, 6.07) is 3.11. The second-order valence-corrected chi connectivity index (χ2v) is 8.47. The molecule has 0 bridgehead atoms. The predicted octanol–water partition coefficient (Wildman–Crippen LogP) is 0.971. The van der Waals surface area contributed by atoms with Gasteiger partial charge in [0.2, 0.25) is 10.0 Å². The van der Waals surface area contributed by atoms with Crippen molar-refractivity contribution in [1.82, 2.24) is 9.71 Å². The zero-order valence-corrected chi connectivity index (χ0v) is 15.2. The van der Waals surface area contributed by atoms with E-state index in [2.05, 4.69) is 23.6 Å². The number of hydrogen-bond acceptors (Lipinski definition) is 5. The van der Waals surface area contributed by atoms with Crippen molar-refractivity contribution in [2.45, 2.75) is 33.2 Å². The minimum absolute atomic E-state index is 0.116. The molecule has 0 aromatic carbocycles. The van der Waals surface area contributed by atoms with Crippen LogP contribution in [0.3, 0.4) is 0 Å². The van der Waals surface area contributed by atoms with Crippen LogP contribution in [0.25, 0.3) is 0 Å². The first kappa shape index (κ1) is 18.7. The summed E-state index contributed by atoms with van der Waals surface area (Å²) in [7, 11) is -3.30. The normalized spacial score (nSPS) is 21.4. The molecule has 134 valence electrons. The monoisotopic (exact) mass is 354 g/mol. The molecule has 1 aliphatic heterocycles. The number of primary amides is 1. The molecule has 1 aromatic heterocycles. The molecule has 1 fully saturated rings. The topological polar surface area (TPSA) is 105 Å². The van der Waals surface area contributed by atoms with Gasteiger partial charge in [-0.2, -0.15) is 0 Å². The number of amides is 1. The van der Waals surface area contributed by atoms with E-state index in [1.54, 1.807) is 18.3 Å². The van der Waals surface area contributed by atoms with Crippen LogP contribution in [-0.4, -0.2) is 44.2 Å². The molecule has 8 heteroatoms. The maximum atomic E-state index is 12.2. The van der Waals surface area contributed by atoms with Crippen LogP contribution in [0.5, 0.6) is 0 Å². The Balaban J connectivity index is 2.26. The average molecular weight is 354 g/mol. The summed E-state index contributed by atoms with van der Waals surface area (Å²) < 4.78 is 27.1. The van der Waals surface area contributed by atoms with Gasteiger partial charge in [-0.25, -0.2) is 18.1 Å². The molecule has 0 aliphatic carbocycles. The minimum Gasteiger partial charge on any atom is -0.365 e. The molecule has 2 heterocycles. The van der Waals surface area contributed by atoms with Crippen LogP contribution >= 0.6 is 0 Å². The molecule has 3 N–H and O–H groups in total. The highest BCUT2D eigenvalue weighted by molar-refractivity contribution is 7.89.